The molecule has 0 radical (unpaired) electrons. The van der Waals surface area contributed by atoms with Crippen LogP contribution in [0.3, 0.4) is 0 Å². The molecule has 10 nitrogen and oxygen atoms in total. The maximum absolute atomic E-state index is 14.3. The highest BCUT2D eigenvalue weighted by molar-refractivity contribution is 14.1. The van der Waals surface area contributed by atoms with Gasteiger partial charge in [-0.1, -0.05) is 24.6 Å². The highest BCUT2D eigenvalue weighted by atomic mass is 127. The summed E-state index contributed by atoms with van der Waals surface area (Å²) in [5.74, 6) is 2.64. The van der Waals surface area contributed by atoms with Gasteiger partial charge in [-0.25, -0.2) is 0 Å². The molecule has 11 heteroatoms. The number of carbonyl (C=O) groups excluding carboxylic acids is 2. The van der Waals surface area contributed by atoms with E-state index in [-0.39, 0.29) is 38.0 Å². The third-order valence-corrected chi connectivity index (χ3v) is 10.6. The highest BCUT2D eigenvalue weighted by Crippen LogP contribution is 2.50. The van der Waals surface area contributed by atoms with Gasteiger partial charge in [-0.3, -0.25) is 9.59 Å². The minimum atomic E-state index is -1.16. The van der Waals surface area contributed by atoms with Gasteiger partial charge in [0.1, 0.15) is 18.0 Å². The van der Waals surface area contributed by atoms with Gasteiger partial charge in [-0.2, -0.15) is 0 Å². The van der Waals surface area contributed by atoms with Crippen molar-refractivity contribution < 1.29 is 39.1 Å². The van der Waals surface area contributed by atoms with E-state index in [4.69, 9.17) is 14.2 Å². The quantitative estimate of drug-likeness (QED) is 0.215. The summed E-state index contributed by atoms with van der Waals surface area (Å²) in [6.45, 7) is 0.00237. The van der Waals surface area contributed by atoms with Crippen molar-refractivity contribution in [3.05, 3.63) is 62.7 Å². The smallest absolute Gasteiger partial charge is 0.247 e. The Morgan fingerprint density at radius 2 is 1.85 bits per heavy atom. The molecule has 2 aromatic rings. The molecule has 3 aliphatic carbocycles. The van der Waals surface area contributed by atoms with E-state index in [1.54, 1.807) is 30.2 Å². The van der Waals surface area contributed by atoms with E-state index in [1.165, 1.54) is 26.4 Å². The van der Waals surface area contributed by atoms with Crippen LogP contribution in [-0.2, 0) is 22.6 Å². The van der Waals surface area contributed by atoms with Gasteiger partial charge >= 0.3 is 0 Å². The van der Waals surface area contributed by atoms with E-state index in [0.29, 0.717) is 63.3 Å². The number of amides is 2. The highest BCUT2D eigenvalue weighted by Gasteiger charge is 2.44. The number of hydrogen-bond acceptors (Lipinski definition) is 8. The minimum absolute atomic E-state index is 0.0354. The molecule has 2 fully saturated rings. The molecule has 2 bridgehead atoms. The van der Waals surface area contributed by atoms with Crippen molar-refractivity contribution >= 4 is 34.4 Å². The number of fused-ring (bicyclic) bond motifs is 2. The molecule has 6 atom stereocenters. The fourth-order valence-electron chi connectivity index (χ4n) is 7.49. The molecule has 3 unspecified atom stereocenters. The molecule has 0 aliphatic heterocycles. The number of nitrogens with one attached hydrogen (secondary N) is 1. The van der Waals surface area contributed by atoms with Gasteiger partial charge in [0, 0.05) is 31.5 Å². The largest absolute Gasteiger partial charge is 0.496 e. The maximum Gasteiger partial charge on any atom is 0.247 e. The Bertz CT molecular complexity index is 1420. The molecule has 2 saturated carbocycles. The van der Waals surface area contributed by atoms with Crippen molar-refractivity contribution in [1.82, 2.24) is 10.2 Å². The summed E-state index contributed by atoms with van der Waals surface area (Å²) in [5, 5.41) is 33.7. The van der Waals surface area contributed by atoms with Crippen molar-refractivity contribution in [3.8, 4) is 17.2 Å². The molecule has 2 amide bonds. The minimum Gasteiger partial charge on any atom is -0.496 e. The van der Waals surface area contributed by atoms with Crippen LogP contribution >= 0.6 is 22.6 Å². The van der Waals surface area contributed by atoms with E-state index in [2.05, 4.69) is 27.9 Å². The maximum atomic E-state index is 14.3. The summed E-state index contributed by atoms with van der Waals surface area (Å²) in [5.41, 5.74) is 1.95. The number of aliphatic hydroxyl groups is 3. The summed E-state index contributed by atoms with van der Waals surface area (Å²) >= 11 is 2.09. The Hall–Kier alpha value is -2.87. The second kappa shape index (κ2) is 15.8. The van der Waals surface area contributed by atoms with Crippen LogP contribution in [0.15, 0.2) is 48.0 Å². The molecule has 5 rings (SSSR count). The lowest BCUT2D eigenvalue weighted by atomic mass is 9.84. The van der Waals surface area contributed by atoms with Crippen molar-refractivity contribution in [2.45, 2.75) is 69.8 Å². The van der Waals surface area contributed by atoms with Crippen LogP contribution in [0.4, 0.5) is 0 Å². The monoisotopic (exact) mass is 748 g/mol. The number of ether oxygens (including phenoxy) is 3. The molecule has 0 aromatic heterocycles. The number of methoxy groups -OCH3 is 2. The van der Waals surface area contributed by atoms with Gasteiger partial charge in [-0.05, 0) is 101 Å². The molecule has 250 valence electrons. The second-order valence-electron chi connectivity index (χ2n) is 12.6. The predicted octanol–water partition coefficient (Wildman–Crippen LogP) is 3.61. The number of benzene rings is 2. The van der Waals surface area contributed by atoms with Crippen LogP contribution < -0.4 is 19.5 Å². The van der Waals surface area contributed by atoms with Crippen molar-refractivity contribution in [3.63, 3.8) is 0 Å². The Labute approximate surface area is 284 Å². The summed E-state index contributed by atoms with van der Waals surface area (Å²) in [6.07, 6.45) is 5.16. The zero-order valence-corrected chi connectivity index (χ0v) is 28.6. The summed E-state index contributed by atoms with van der Waals surface area (Å²) in [6, 6.07) is 10.4. The third-order valence-electron chi connectivity index (χ3n) is 9.80. The normalized spacial score (nSPS) is 25.1. The van der Waals surface area contributed by atoms with E-state index in [1.807, 2.05) is 24.3 Å². The number of nitrogens with zero attached hydrogens (tertiary/aromatic N) is 1. The van der Waals surface area contributed by atoms with Crippen LogP contribution in [0, 0.1) is 21.3 Å². The van der Waals surface area contributed by atoms with Crippen LogP contribution in [0.5, 0.6) is 17.2 Å². The topological polar surface area (TPSA) is 138 Å². The molecule has 3 aliphatic rings. The van der Waals surface area contributed by atoms with E-state index >= 15 is 0 Å². The Morgan fingerprint density at radius 3 is 2.52 bits per heavy atom. The molecule has 0 spiro atoms. The Morgan fingerprint density at radius 1 is 1.07 bits per heavy atom. The van der Waals surface area contributed by atoms with E-state index < -0.39 is 18.2 Å². The van der Waals surface area contributed by atoms with Crippen LogP contribution in [-0.4, -0.2) is 84.2 Å². The average Bonchev–Trinajstić information content (AvgIpc) is 3.69. The summed E-state index contributed by atoms with van der Waals surface area (Å²) in [7, 11) is 3.12. The van der Waals surface area contributed by atoms with Crippen LogP contribution in [0.2, 0.25) is 0 Å². The van der Waals surface area contributed by atoms with Gasteiger partial charge in [0.25, 0.3) is 0 Å². The van der Waals surface area contributed by atoms with Crippen molar-refractivity contribution in [2.75, 3.05) is 33.9 Å². The molecule has 2 aromatic carbocycles. The fourth-order valence-corrected chi connectivity index (χ4v) is 8.28. The zero-order chi connectivity index (χ0) is 32.8. The molecule has 46 heavy (non-hydrogen) atoms. The average molecular weight is 749 g/mol. The van der Waals surface area contributed by atoms with Crippen LogP contribution in [0.1, 0.15) is 49.7 Å². The van der Waals surface area contributed by atoms with Gasteiger partial charge < -0.3 is 39.7 Å². The first kappa shape index (κ1) is 34.5. The fraction of sp³-hybridized carbons (Fsp3) is 0.543. The zero-order valence-electron chi connectivity index (χ0n) is 26.5. The molecular formula is C35H45IN2O8. The SMILES string of the molecule is COc1ccccc1CCN(C(=O)CC1CC2CCC1C2)[C@@H]1CC(C(=O)NCCO)=C[C@H](Oc2c(I)cc(CO)cc2OC)[C@H]1O. The molecule has 4 N–H and O–H groups in total. The Balaban J connectivity index is 1.47. The standard InChI is InChI=1S/C35H45IN2O8/c1-44-29-6-4-3-5-23(29)9-11-38(32(41)19-25-14-21-7-8-24(25)13-21)28-17-26(35(43)37-10-12-39)18-30(33(28)42)46-34-27(36)15-22(20-40)16-31(34)45-2/h3-6,15-16,18,21,24-25,28,30,33,39-40,42H,7-14,17,19-20H2,1-2H3,(H,37,43)/t21?,24?,25?,28-,30+,33+/m1/s1. The first-order chi connectivity index (χ1) is 22.3. The lowest BCUT2D eigenvalue weighted by Gasteiger charge is -2.41. The number of carbonyl (C=O) groups is 2. The Kier molecular flexibility index (Phi) is 11.8. The summed E-state index contributed by atoms with van der Waals surface area (Å²) in [4.78, 5) is 29.3. The number of aliphatic hydroxyl groups excluding tert-OH is 3. The molecular weight excluding hydrogens is 703 g/mol. The third kappa shape index (κ3) is 7.80. The number of halogens is 1. The lowest BCUT2D eigenvalue weighted by Crippen LogP contribution is -2.55. The molecule has 0 saturated heterocycles. The summed E-state index contributed by atoms with van der Waals surface area (Å²) < 4.78 is 18.2. The van der Waals surface area contributed by atoms with Gasteiger partial charge in [-0.15, -0.1) is 0 Å². The predicted molar refractivity (Wildman–Crippen MR) is 181 cm³/mol. The lowest BCUT2D eigenvalue weighted by molar-refractivity contribution is -0.140. The van der Waals surface area contributed by atoms with Crippen molar-refractivity contribution in [1.29, 1.82) is 0 Å². The van der Waals surface area contributed by atoms with Gasteiger partial charge in [0.15, 0.2) is 11.5 Å². The van der Waals surface area contributed by atoms with Crippen molar-refractivity contribution in [2.24, 2.45) is 17.8 Å². The number of para-hydroxylation sites is 1. The van der Waals surface area contributed by atoms with E-state index in [0.717, 1.165) is 17.7 Å². The number of hydrogen-bond donors (Lipinski definition) is 4. The first-order valence-corrected chi connectivity index (χ1v) is 17.2. The molecule has 0 heterocycles. The van der Waals surface area contributed by atoms with E-state index in [9.17, 15) is 24.9 Å². The second-order valence-corrected chi connectivity index (χ2v) is 13.7. The van der Waals surface area contributed by atoms with Crippen LogP contribution in [0.25, 0.3) is 0 Å². The van der Waals surface area contributed by atoms with Gasteiger partial charge in [0.05, 0.1) is 37.0 Å². The first-order valence-electron chi connectivity index (χ1n) is 16.1. The van der Waals surface area contributed by atoms with Gasteiger partial charge in [0.2, 0.25) is 11.8 Å². The number of rotatable bonds is 14.